The molecule has 29 heavy (non-hydrogen) atoms. The third-order valence-corrected chi connectivity index (χ3v) is 5.28. The van der Waals surface area contributed by atoms with Gasteiger partial charge in [0.15, 0.2) is 0 Å². The van der Waals surface area contributed by atoms with Gasteiger partial charge in [-0.2, -0.15) is 0 Å². The van der Waals surface area contributed by atoms with Crippen molar-refractivity contribution in [2.75, 3.05) is 13.1 Å². The van der Waals surface area contributed by atoms with E-state index < -0.39 is 0 Å². The van der Waals surface area contributed by atoms with Crippen molar-refractivity contribution in [3.05, 3.63) is 59.2 Å². The number of phenols is 2. The monoisotopic (exact) mass is 396 g/mol. The molecule has 3 N–H and O–H groups in total. The Morgan fingerprint density at radius 1 is 0.931 bits per heavy atom. The molecule has 6 nitrogen and oxygen atoms in total. The van der Waals surface area contributed by atoms with Crippen molar-refractivity contribution < 1.29 is 19.8 Å². The lowest BCUT2D eigenvalue weighted by Gasteiger charge is -2.32. The average molecular weight is 396 g/mol. The summed E-state index contributed by atoms with van der Waals surface area (Å²) in [6, 6.07) is 11.6. The van der Waals surface area contributed by atoms with Crippen molar-refractivity contribution in [3.63, 3.8) is 0 Å². The van der Waals surface area contributed by atoms with Crippen LogP contribution in [0.4, 0.5) is 0 Å². The van der Waals surface area contributed by atoms with E-state index >= 15 is 0 Å². The summed E-state index contributed by atoms with van der Waals surface area (Å²) in [6.45, 7) is 7.41. The normalized spacial score (nSPS) is 15.2. The van der Waals surface area contributed by atoms with E-state index in [1.165, 1.54) is 23.8 Å². The minimum absolute atomic E-state index is 0.00595. The molecule has 2 amide bonds. The number of rotatable bonds is 3. The number of amides is 2. The van der Waals surface area contributed by atoms with E-state index in [9.17, 15) is 19.8 Å². The van der Waals surface area contributed by atoms with Crippen molar-refractivity contribution in [3.8, 4) is 11.5 Å². The van der Waals surface area contributed by atoms with E-state index in [-0.39, 0.29) is 40.3 Å². The lowest BCUT2D eigenvalue weighted by molar-refractivity contribution is 0.0697. The predicted octanol–water partition coefficient (Wildman–Crippen LogP) is 3.43. The molecule has 154 valence electrons. The zero-order chi connectivity index (χ0) is 21.2. The van der Waals surface area contributed by atoms with Crippen LogP contribution >= 0.6 is 0 Å². The van der Waals surface area contributed by atoms with Gasteiger partial charge in [-0.25, -0.2) is 0 Å². The Hall–Kier alpha value is -3.02. The highest BCUT2D eigenvalue weighted by atomic mass is 16.3. The van der Waals surface area contributed by atoms with Gasteiger partial charge in [0, 0.05) is 36.3 Å². The molecule has 2 aromatic carbocycles. The number of carbonyl (C=O) groups excluding carboxylic acids is 2. The summed E-state index contributed by atoms with van der Waals surface area (Å²) < 4.78 is 0. The second kappa shape index (κ2) is 8.15. The van der Waals surface area contributed by atoms with Crippen LogP contribution < -0.4 is 5.32 Å². The van der Waals surface area contributed by atoms with Crippen molar-refractivity contribution in [2.24, 2.45) is 0 Å². The van der Waals surface area contributed by atoms with Gasteiger partial charge in [-0.15, -0.1) is 0 Å². The van der Waals surface area contributed by atoms with Crippen molar-refractivity contribution in [1.29, 1.82) is 0 Å². The summed E-state index contributed by atoms with van der Waals surface area (Å²) in [4.78, 5) is 26.8. The maximum atomic E-state index is 12.6. The zero-order valence-electron chi connectivity index (χ0n) is 17.1. The molecular formula is C23H28N2O4. The second-order valence-electron chi connectivity index (χ2n) is 8.61. The van der Waals surface area contributed by atoms with Crippen LogP contribution in [0.5, 0.6) is 11.5 Å². The Bertz CT molecular complexity index is 872. The van der Waals surface area contributed by atoms with E-state index in [2.05, 4.69) is 26.1 Å². The van der Waals surface area contributed by atoms with Gasteiger partial charge in [0.2, 0.25) is 0 Å². The Labute approximate surface area is 171 Å². The zero-order valence-corrected chi connectivity index (χ0v) is 17.1. The van der Waals surface area contributed by atoms with Crippen LogP contribution in [0.2, 0.25) is 0 Å². The second-order valence-corrected chi connectivity index (χ2v) is 8.61. The number of benzene rings is 2. The summed E-state index contributed by atoms with van der Waals surface area (Å²) in [5.74, 6) is -0.632. The van der Waals surface area contributed by atoms with E-state index in [4.69, 9.17) is 0 Å². The Morgan fingerprint density at radius 2 is 1.48 bits per heavy atom. The molecule has 0 bridgehead atoms. The Balaban J connectivity index is 1.55. The molecule has 0 aromatic heterocycles. The molecule has 1 heterocycles. The lowest BCUT2D eigenvalue weighted by atomic mass is 9.86. The molecule has 1 aliphatic rings. The fraction of sp³-hybridized carbons (Fsp3) is 0.391. The Kier molecular flexibility index (Phi) is 5.82. The molecule has 0 atom stereocenters. The van der Waals surface area contributed by atoms with Gasteiger partial charge in [0.05, 0.1) is 0 Å². The fourth-order valence-electron chi connectivity index (χ4n) is 3.52. The average Bonchev–Trinajstić information content (AvgIpc) is 2.66. The summed E-state index contributed by atoms with van der Waals surface area (Å²) in [5.41, 5.74) is 2.11. The largest absolute Gasteiger partial charge is 0.508 e. The number of hydrogen-bond acceptors (Lipinski definition) is 4. The number of piperidine rings is 1. The summed E-state index contributed by atoms with van der Waals surface area (Å²) in [5, 5.41) is 22.2. The first-order valence-corrected chi connectivity index (χ1v) is 9.87. The number of likely N-dealkylation sites (tertiary alicyclic amines) is 1. The highest BCUT2D eigenvalue weighted by Crippen LogP contribution is 2.24. The molecule has 6 heteroatoms. The van der Waals surface area contributed by atoms with Crippen molar-refractivity contribution >= 4 is 11.8 Å². The third kappa shape index (κ3) is 5.08. The topological polar surface area (TPSA) is 89.9 Å². The van der Waals surface area contributed by atoms with E-state index in [0.29, 0.717) is 31.5 Å². The standard InChI is InChI=1S/C23H28N2O4/c1-23(2,3)17-6-4-15(5-7-17)21(28)24-18-8-10-25(11-9-18)22(29)16-12-19(26)14-20(27)13-16/h4-7,12-14,18,26-27H,8-11H2,1-3H3,(H,24,28). The van der Waals surface area contributed by atoms with E-state index in [1.807, 2.05) is 24.3 Å². The highest BCUT2D eigenvalue weighted by Gasteiger charge is 2.25. The van der Waals surface area contributed by atoms with Gasteiger partial charge in [-0.3, -0.25) is 9.59 Å². The molecule has 0 spiro atoms. The van der Waals surface area contributed by atoms with Gasteiger partial charge in [0.1, 0.15) is 11.5 Å². The molecule has 0 saturated carbocycles. The number of nitrogens with zero attached hydrogens (tertiary/aromatic N) is 1. The molecule has 0 radical (unpaired) electrons. The molecule has 1 fully saturated rings. The quantitative estimate of drug-likeness (QED) is 0.741. The minimum atomic E-state index is -0.237. The minimum Gasteiger partial charge on any atom is -0.508 e. The maximum Gasteiger partial charge on any atom is 0.254 e. The number of phenolic OH excluding ortho intramolecular Hbond substituents is 2. The van der Waals surface area contributed by atoms with Gasteiger partial charge in [0.25, 0.3) is 11.8 Å². The van der Waals surface area contributed by atoms with Crippen molar-refractivity contribution in [2.45, 2.75) is 45.1 Å². The highest BCUT2D eigenvalue weighted by molar-refractivity contribution is 5.95. The lowest BCUT2D eigenvalue weighted by Crippen LogP contribution is -2.46. The molecule has 2 aromatic rings. The summed E-state index contributed by atoms with van der Waals surface area (Å²) in [6.07, 6.45) is 1.31. The van der Waals surface area contributed by atoms with Gasteiger partial charge in [-0.05, 0) is 48.1 Å². The first kappa shape index (κ1) is 20.7. The molecule has 3 rings (SSSR count). The number of hydrogen-bond donors (Lipinski definition) is 3. The number of carbonyl (C=O) groups is 2. The van der Waals surface area contributed by atoms with Crippen LogP contribution in [0.3, 0.4) is 0 Å². The number of nitrogens with one attached hydrogen (secondary N) is 1. The van der Waals surface area contributed by atoms with Crippen molar-refractivity contribution in [1.82, 2.24) is 10.2 Å². The maximum absolute atomic E-state index is 12.6. The van der Waals surface area contributed by atoms with Crippen LogP contribution in [0, 0.1) is 0 Å². The van der Waals surface area contributed by atoms with Gasteiger partial charge >= 0.3 is 0 Å². The smallest absolute Gasteiger partial charge is 0.254 e. The number of aromatic hydroxyl groups is 2. The molecular weight excluding hydrogens is 368 g/mol. The van der Waals surface area contributed by atoms with Gasteiger partial charge in [-0.1, -0.05) is 32.9 Å². The first-order valence-electron chi connectivity index (χ1n) is 9.87. The van der Waals surface area contributed by atoms with Gasteiger partial charge < -0.3 is 20.4 Å². The van der Waals surface area contributed by atoms with Crippen LogP contribution in [-0.4, -0.2) is 46.1 Å². The molecule has 0 aliphatic carbocycles. The molecule has 1 saturated heterocycles. The third-order valence-electron chi connectivity index (χ3n) is 5.28. The van der Waals surface area contributed by atoms with E-state index in [0.717, 1.165) is 0 Å². The van der Waals surface area contributed by atoms with E-state index in [1.54, 1.807) is 4.90 Å². The van der Waals surface area contributed by atoms with Crippen LogP contribution in [0.15, 0.2) is 42.5 Å². The molecule has 0 unspecified atom stereocenters. The first-order chi connectivity index (χ1) is 13.6. The summed E-state index contributed by atoms with van der Waals surface area (Å²) >= 11 is 0. The fourth-order valence-corrected chi connectivity index (χ4v) is 3.52. The molecule has 1 aliphatic heterocycles. The SMILES string of the molecule is CC(C)(C)c1ccc(C(=O)NC2CCN(C(=O)c3cc(O)cc(O)c3)CC2)cc1. The Morgan fingerprint density at radius 3 is 2.00 bits per heavy atom. The van der Waals surface area contributed by atoms with Crippen LogP contribution in [-0.2, 0) is 5.41 Å². The summed E-state index contributed by atoms with van der Waals surface area (Å²) in [7, 11) is 0. The van der Waals surface area contributed by atoms with Crippen LogP contribution in [0.25, 0.3) is 0 Å². The predicted molar refractivity (Wildman–Crippen MR) is 111 cm³/mol. The van der Waals surface area contributed by atoms with Crippen LogP contribution in [0.1, 0.15) is 59.9 Å².